The van der Waals surface area contributed by atoms with Gasteiger partial charge in [0.05, 0.1) is 6.10 Å². The third kappa shape index (κ3) is 5.14. The predicted octanol–water partition coefficient (Wildman–Crippen LogP) is 0.533. The second kappa shape index (κ2) is 6.08. The van der Waals surface area contributed by atoms with Crippen LogP contribution >= 0.6 is 0 Å². The zero-order valence-electron chi connectivity index (χ0n) is 9.41. The maximum absolute atomic E-state index is 11.5. The lowest BCUT2D eigenvalue weighted by Crippen LogP contribution is -2.38. The Bertz CT molecular complexity index is 199. The highest BCUT2D eigenvalue weighted by Crippen LogP contribution is 2.18. The molecule has 1 saturated carbocycles. The van der Waals surface area contributed by atoms with Gasteiger partial charge in [0, 0.05) is 18.5 Å². The number of aliphatic hydroxyl groups excluding tert-OH is 1. The Morgan fingerprint density at radius 3 is 2.60 bits per heavy atom. The summed E-state index contributed by atoms with van der Waals surface area (Å²) in [6, 6.07) is 0.345. The molecular weight excluding hydrogens is 192 g/mol. The van der Waals surface area contributed by atoms with Gasteiger partial charge >= 0.3 is 0 Å². The molecule has 1 unspecified atom stereocenters. The lowest BCUT2D eigenvalue weighted by molar-refractivity contribution is -0.122. The summed E-state index contributed by atoms with van der Waals surface area (Å²) in [5.74, 6) is 0.0914. The van der Waals surface area contributed by atoms with Crippen LogP contribution in [0.3, 0.4) is 0 Å². The van der Waals surface area contributed by atoms with Crippen LogP contribution in [0.25, 0.3) is 0 Å². The van der Waals surface area contributed by atoms with Gasteiger partial charge in [-0.25, -0.2) is 0 Å². The number of carbonyl (C=O) groups is 1. The van der Waals surface area contributed by atoms with Crippen molar-refractivity contribution in [1.82, 2.24) is 5.32 Å². The highest BCUT2D eigenvalue weighted by molar-refractivity contribution is 5.76. The first kappa shape index (κ1) is 12.5. The van der Waals surface area contributed by atoms with E-state index >= 15 is 0 Å². The molecule has 0 aromatic heterocycles. The van der Waals surface area contributed by atoms with Crippen molar-refractivity contribution in [2.45, 2.75) is 63.6 Å². The van der Waals surface area contributed by atoms with Gasteiger partial charge in [-0.2, -0.15) is 0 Å². The average Bonchev–Trinajstić information content (AvgIpc) is 2.19. The Hall–Kier alpha value is -0.610. The van der Waals surface area contributed by atoms with E-state index < -0.39 is 0 Å². The Labute approximate surface area is 91.2 Å². The Morgan fingerprint density at radius 2 is 2.07 bits per heavy atom. The van der Waals surface area contributed by atoms with E-state index in [1.165, 1.54) is 0 Å². The van der Waals surface area contributed by atoms with Crippen molar-refractivity contribution >= 4 is 5.91 Å². The summed E-state index contributed by atoms with van der Waals surface area (Å²) >= 11 is 0. The lowest BCUT2D eigenvalue weighted by atomic mass is 9.93. The summed E-state index contributed by atoms with van der Waals surface area (Å²) in [5.41, 5.74) is 5.58. The second-order valence-corrected chi connectivity index (χ2v) is 4.59. The van der Waals surface area contributed by atoms with Crippen molar-refractivity contribution in [3.8, 4) is 0 Å². The minimum atomic E-state index is -0.165. The molecule has 0 heterocycles. The molecule has 0 spiro atoms. The molecule has 4 nitrogen and oxygen atoms in total. The molecular formula is C11H22N2O2. The normalized spacial score (nSPS) is 28.5. The molecule has 88 valence electrons. The van der Waals surface area contributed by atoms with E-state index in [1.807, 2.05) is 6.92 Å². The Morgan fingerprint density at radius 1 is 1.47 bits per heavy atom. The van der Waals surface area contributed by atoms with Crippen LogP contribution in [0.4, 0.5) is 0 Å². The van der Waals surface area contributed by atoms with Crippen molar-refractivity contribution in [1.29, 1.82) is 0 Å². The minimum absolute atomic E-state index is 0.0870. The number of nitrogens with one attached hydrogen (secondary N) is 1. The monoisotopic (exact) mass is 214 g/mol. The van der Waals surface area contributed by atoms with Crippen molar-refractivity contribution in [3.05, 3.63) is 0 Å². The molecule has 0 saturated heterocycles. The largest absolute Gasteiger partial charge is 0.393 e. The van der Waals surface area contributed by atoms with Gasteiger partial charge in [-0.1, -0.05) is 0 Å². The number of aliphatic hydroxyl groups is 1. The van der Waals surface area contributed by atoms with Crippen LogP contribution in [0.2, 0.25) is 0 Å². The fourth-order valence-electron chi connectivity index (χ4n) is 1.88. The minimum Gasteiger partial charge on any atom is -0.393 e. The summed E-state index contributed by atoms with van der Waals surface area (Å²) in [6.07, 6.45) is 4.48. The van der Waals surface area contributed by atoms with Crippen LogP contribution in [0.5, 0.6) is 0 Å². The zero-order chi connectivity index (χ0) is 11.3. The molecule has 1 fully saturated rings. The van der Waals surface area contributed by atoms with Crippen LogP contribution < -0.4 is 11.1 Å². The third-order valence-electron chi connectivity index (χ3n) is 2.89. The van der Waals surface area contributed by atoms with Gasteiger partial charge < -0.3 is 16.2 Å². The highest BCUT2D eigenvalue weighted by atomic mass is 16.3. The van der Waals surface area contributed by atoms with E-state index in [0.29, 0.717) is 6.42 Å². The Kier molecular flexibility index (Phi) is 5.05. The first-order valence-electron chi connectivity index (χ1n) is 5.81. The first-order valence-corrected chi connectivity index (χ1v) is 5.81. The van der Waals surface area contributed by atoms with Crippen LogP contribution in [-0.2, 0) is 4.79 Å². The smallest absolute Gasteiger partial charge is 0.220 e. The van der Waals surface area contributed by atoms with E-state index in [2.05, 4.69) is 5.32 Å². The van der Waals surface area contributed by atoms with Crippen molar-refractivity contribution in [3.63, 3.8) is 0 Å². The van der Waals surface area contributed by atoms with Crippen LogP contribution in [-0.4, -0.2) is 29.2 Å². The number of rotatable bonds is 4. The Balaban J connectivity index is 2.15. The molecule has 1 rings (SSSR count). The van der Waals surface area contributed by atoms with Crippen LogP contribution in [0.1, 0.15) is 45.4 Å². The molecule has 0 radical (unpaired) electrons. The number of hydrogen-bond acceptors (Lipinski definition) is 3. The summed E-state index contributed by atoms with van der Waals surface area (Å²) in [6.45, 7) is 1.91. The maximum Gasteiger partial charge on any atom is 0.220 e. The van der Waals surface area contributed by atoms with E-state index in [1.54, 1.807) is 0 Å². The lowest BCUT2D eigenvalue weighted by Gasteiger charge is -2.26. The molecule has 0 aromatic rings. The molecule has 1 aliphatic rings. The topological polar surface area (TPSA) is 75.4 Å². The molecule has 1 atom stereocenters. The van der Waals surface area contributed by atoms with Crippen LogP contribution in [0, 0.1) is 0 Å². The van der Waals surface area contributed by atoms with Crippen molar-refractivity contribution in [2.75, 3.05) is 0 Å². The molecule has 1 aliphatic carbocycles. The van der Waals surface area contributed by atoms with Gasteiger partial charge in [-0.3, -0.25) is 4.79 Å². The number of nitrogens with two attached hydrogens (primary N) is 1. The summed E-state index contributed by atoms with van der Waals surface area (Å²) < 4.78 is 0. The SMILES string of the molecule is CC(N)CCC(=O)NC1CCC(O)CC1. The van der Waals surface area contributed by atoms with Gasteiger partial charge in [0.1, 0.15) is 0 Å². The second-order valence-electron chi connectivity index (χ2n) is 4.59. The number of amides is 1. The standard InChI is InChI=1S/C11H22N2O2/c1-8(12)2-7-11(15)13-9-3-5-10(14)6-4-9/h8-10,14H,2-7,12H2,1H3,(H,13,15). The molecule has 1 amide bonds. The van der Waals surface area contributed by atoms with Gasteiger partial charge in [-0.05, 0) is 39.0 Å². The third-order valence-corrected chi connectivity index (χ3v) is 2.89. The molecule has 4 N–H and O–H groups in total. The summed E-state index contributed by atoms with van der Waals surface area (Å²) in [4.78, 5) is 11.5. The maximum atomic E-state index is 11.5. The van der Waals surface area contributed by atoms with Gasteiger partial charge in [0.25, 0.3) is 0 Å². The van der Waals surface area contributed by atoms with Gasteiger partial charge in [-0.15, -0.1) is 0 Å². The number of hydrogen-bond donors (Lipinski definition) is 3. The summed E-state index contributed by atoms with van der Waals surface area (Å²) in [5, 5.41) is 12.3. The summed E-state index contributed by atoms with van der Waals surface area (Å²) in [7, 11) is 0. The van der Waals surface area contributed by atoms with E-state index in [4.69, 9.17) is 5.73 Å². The predicted molar refractivity (Wildman–Crippen MR) is 59.3 cm³/mol. The molecule has 15 heavy (non-hydrogen) atoms. The molecule has 4 heteroatoms. The van der Waals surface area contributed by atoms with E-state index in [0.717, 1.165) is 32.1 Å². The van der Waals surface area contributed by atoms with Crippen LogP contribution in [0.15, 0.2) is 0 Å². The average molecular weight is 214 g/mol. The first-order chi connectivity index (χ1) is 7.08. The van der Waals surface area contributed by atoms with E-state index in [-0.39, 0.29) is 24.1 Å². The van der Waals surface area contributed by atoms with E-state index in [9.17, 15) is 9.90 Å². The van der Waals surface area contributed by atoms with Gasteiger partial charge in [0.15, 0.2) is 0 Å². The molecule has 0 bridgehead atoms. The zero-order valence-corrected chi connectivity index (χ0v) is 9.41. The number of carbonyl (C=O) groups excluding carboxylic acids is 1. The fraction of sp³-hybridized carbons (Fsp3) is 0.909. The van der Waals surface area contributed by atoms with Crippen molar-refractivity contribution < 1.29 is 9.90 Å². The van der Waals surface area contributed by atoms with Crippen molar-refractivity contribution in [2.24, 2.45) is 5.73 Å². The van der Waals surface area contributed by atoms with Gasteiger partial charge in [0.2, 0.25) is 5.91 Å². The highest BCUT2D eigenvalue weighted by Gasteiger charge is 2.20. The quantitative estimate of drug-likeness (QED) is 0.639. The molecule has 0 aromatic carbocycles. The molecule has 0 aliphatic heterocycles. The fourth-order valence-corrected chi connectivity index (χ4v) is 1.88.